The Morgan fingerprint density at radius 1 is 0.688 bits per heavy atom. The van der Waals surface area contributed by atoms with Gasteiger partial charge in [0.15, 0.2) is 0 Å². The Hall–Kier alpha value is -4.37. The van der Waals surface area contributed by atoms with Crippen LogP contribution >= 0.6 is 0 Å². The van der Waals surface area contributed by atoms with E-state index in [9.17, 15) is 9.90 Å². The number of rotatable bonds is 6. The van der Waals surface area contributed by atoms with Crippen LogP contribution in [0.4, 0.5) is 0 Å². The highest BCUT2D eigenvalue weighted by Crippen LogP contribution is 2.41. The van der Waals surface area contributed by atoms with Gasteiger partial charge in [-0.05, 0) is 34.4 Å². The summed E-state index contributed by atoms with van der Waals surface area (Å²) in [7, 11) is 0. The van der Waals surface area contributed by atoms with E-state index < -0.39 is 5.97 Å². The van der Waals surface area contributed by atoms with Crippen LogP contribution in [0.1, 0.15) is 22.3 Å². The largest absolute Gasteiger partial charge is 0.508 e. The summed E-state index contributed by atoms with van der Waals surface area (Å²) in [6.45, 7) is 3.49. The van der Waals surface area contributed by atoms with Crippen molar-refractivity contribution in [3.05, 3.63) is 144 Å². The molecule has 0 unspecified atom stereocenters. The molecule has 0 aliphatic heterocycles. The SMILES string of the molecule is C=CC(=O)Oc1cc(O)ccc1C(=C(c1ccccc1)c1ccccc1)c1ccccc1. The van der Waals surface area contributed by atoms with E-state index in [4.69, 9.17) is 4.74 Å². The minimum atomic E-state index is -0.592. The average molecular weight is 418 g/mol. The summed E-state index contributed by atoms with van der Waals surface area (Å²) in [5.74, 6) is -0.322. The van der Waals surface area contributed by atoms with Crippen LogP contribution in [-0.2, 0) is 4.79 Å². The Morgan fingerprint density at radius 2 is 1.16 bits per heavy atom. The first kappa shape index (κ1) is 20.9. The second kappa shape index (κ2) is 9.63. The zero-order valence-corrected chi connectivity index (χ0v) is 17.4. The molecule has 156 valence electrons. The van der Waals surface area contributed by atoms with Crippen LogP contribution in [0.3, 0.4) is 0 Å². The zero-order valence-electron chi connectivity index (χ0n) is 17.4. The number of hydrogen-bond donors (Lipinski definition) is 1. The minimum absolute atomic E-state index is 0.00833. The summed E-state index contributed by atoms with van der Waals surface area (Å²) in [6, 6.07) is 34.9. The van der Waals surface area contributed by atoms with E-state index in [2.05, 4.69) is 30.8 Å². The van der Waals surface area contributed by atoms with Crippen LogP contribution in [0.5, 0.6) is 11.5 Å². The van der Waals surface area contributed by atoms with Crippen molar-refractivity contribution in [1.29, 1.82) is 0 Å². The summed E-state index contributed by atoms with van der Waals surface area (Å²) in [5.41, 5.74) is 5.55. The Morgan fingerprint density at radius 3 is 1.62 bits per heavy atom. The zero-order chi connectivity index (χ0) is 22.3. The number of phenolic OH excluding ortho intramolecular Hbond substituents is 1. The van der Waals surface area contributed by atoms with Crippen molar-refractivity contribution in [2.24, 2.45) is 0 Å². The van der Waals surface area contributed by atoms with Gasteiger partial charge in [-0.3, -0.25) is 0 Å². The minimum Gasteiger partial charge on any atom is -0.508 e. The molecule has 0 aliphatic rings. The normalized spacial score (nSPS) is 10.2. The second-order valence-corrected chi connectivity index (χ2v) is 7.15. The van der Waals surface area contributed by atoms with Gasteiger partial charge in [-0.15, -0.1) is 0 Å². The molecule has 0 aromatic heterocycles. The van der Waals surface area contributed by atoms with Gasteiger partial charge in [-0.1, -0.05) is 97.6 Å². The molecule has 0 aliphatic carbocycles. The molecule has 0 amide bonds. The van der Waals surface area contributed by atoms with Crippen molar-refractivity contribution < 1.29 is 14.6 Å². The maximum atomic E-state index is 12.1. The first-order chi connectivity index (χ1) is 15.7. The highest BCUT2D eigenvalue weighted by atomic mass is 16.5. The van der Waals surface area contributed by atoms with Crippen LogP contribution in [0.2, 0.25) is 0 Å². The van der Waals surface area contributed by atoms with Gasteiger partial charge in [-0.2, -0.15) is 0 Å². The number of hydrogen-bond acceptors (Lipinski definition) is 3. The standard InChI is InChI=1S/C29H22O3/c1-2-27(31)32-26-20-24(30)18-19-25(26)29(23-16-10-5-11-17-23)28(21-12-6-3-7-13-21)22-14-8-4-9-15-22/h2-20,30H,1H2. The molecule has 0 fully saturated rings. The Kier molecular flexibility index (Phi) is 6.28. The van der Waals surface area contributed by atoms with Crippen LogP contribution < -0.4 is 4.74 Å². The Bertz CT molecular complexity index is 1220. The van der Waals surface area contributed by atoms with Gasteiger partial charge in [0.05, 0.1) is 0 Å². The second-order valence-electron chi connectivity index (χ2n) is 7.15. The van der Waals surface area contributed by atoms with E-state index in [0.29, 0.717) is 5.56 Å². The van der Waals surface area contributed by atoms with Gasteiger partial charge < -0.3 is 9.84 Å². The van der Waals surface area contributed by atoms with E-state index in [1.54, 1.807) is 12.1 Å². The van der Waals surface area contributed by atoms with E-state index in [-0.39, 0.29) is 11.5 Å². The number of benzene rings is 4. The molecule has 4 rings (SSSR count). The van der Waals surface area contributed by atoms with Crippen molar-refractivity contribution in [2.75, 3.05) is 0 Å². The molecule has 1 N–H and O–H groups in total. The highest BCUT2D eigenvalue weighted by Gasteiger charge is 2.20. The highest BCUT2D eigenvalue weighted by molar-refractivity contribution is 6.06. The summed E-state index contributed by atoms with van der Waals surface area (Å²) in [6.07, 6.45) is 1.11. The summed E-state index contributed by atoms with van der Waals surface area (Å²) in [4.78, 5) is 12.1. The van der Waals surface area contributed by atoms with Crippen molar-refractivity contribution in [3.8, 4) is 11.5 Å². The lowest BCUT2D eigenvalue weighted by Gasteiger charge is -2.20. The van der Waals surface area contributed by atoms with E-state index >= 15 is 0 Å². The molecule has 4 aromatic rings. The summed E-state index contributed by atoms with van der Waals surface area (Å²) >= 11 is 0. The van der Waals surface area contributed by atoms with Gasteiger partial charge in [0, 0.05) is 23.3 Å². The predicted molar refractivity (Wildman–Crippen MR) is 128 cm³/mol. The molecule has 0 heterocycles. The number of phenols is 1. The van der Waals surface area contributed by atoms with E-state index in [1.165, 1.54) is 6.07 Å². The maximum absolute atomic E-state index is 12.1. The molecule has 0 bridgehead atoms. The topological polar surface area (TPSA) is 46.5 Å². The maximum Gasteiger partial charge on any atom is 0.335 e. The van der Waals surface area contributed by atoms with Crippen molar-refractivity contribution in [1.82, 2.24) is 0 Å². The Labute approximate surface area is 187 Å². The van der Waals surface area contributed by atoms with Crippen molar-refractivity contribution >= 4 is 17.1 Å². The van der Waals surface area contributed by atoms with Gasteiger partial charge in [0.25, 0.3) is 0 Å². The number of carbonyl (C=O) groups is 1. The van der Waals surface area contributed by atoms with Crippen LogP contribution in [0.15, 0.2) is 122 Å². The smallest absolute Gasteiger partial charge is 0.335 e. The molecule has 0 radical (unpaired) electrons. The molecular weight excluding hydrogens is 396 g/mol. The molecule has 32 heavy (non-hydrogen) atoms. The third-order valence-electron chi connectivity index (χ3n) is 5.05. The number of aromatic hydroxyl groups is 1. The predicted octanol–water partition coefficient (Wildman–Crippen LogP) is 6.49. The first-order valence-corrected chi connectivity index (χ1v) is 10.3. The molecule has 3 heteroatoms. The summed E-state index contributed by atoms with van der Waals surface area (Å²) < 4.78 is 5.55. The lowest BCUT2D eigenvalue weighted by Crippen LogP contribution is -2.06. The molecule has 0 saturated heterocycles. The number of esters is 1. The number of carbonyl (C=O) groups excluding carboxylic acids is 1. The van der Waals surface area contributed by atoms with Crippen LogP contribution in [-0.4, -0.2) is 11.1 Å². The first-order valence-electron chi connectivity index (χ1n) is 10.3. The van der Waals surface area contributed by atoms with Gasteiger partial charge in [-0.25, -0.2) is 4.79 Å². The van der Waals surface area contributed by atoms with Gasteiger partial charge in [0.1, 0.15) is 11.5 Å². The Balaban J connectivity index is 2.11. The number of ether oxygens (including phenoxy) is 1. The molecule has 4 aromatic carbocycles. The quantitative estimate of drug-likeness (QED) is 0.168. The molecule has 3 nitrogen and oxygen atoms in total. The molecule has 0 saturated carbocycles. The molecule has 0 spiro atoms. The lowest BCUT2D eigenvalue weighted by atomic mass is 9.85. The van der Waals surface area contributed by atoms with Crippen molar-refractivity contribution in [2.45, 2.75) is 0 Å². The summed E-state index contributed by atoms with van der Waals surface area (Å²) in [5, 5.41) is 10.1. The third kappa shape index (κ3) is 4.52. The van der Waals surface area contributed by atoms with E-state index in [0.717, 1.165) is 33.9 Å². The van der Waals surface area contributed by atoms with Gasteiger partial charge in [0.2, 0.25) is 0 Å². The van der Waals surface area contributed by atoms with Crippen LogP contribution in [0.25, 0.3) is 11.1 Å². The van der Waals surface area contributed by atoms with Crippen LogP contribution in [0, 0.1) is 0 Å². The average Bonchev–Trinajstić information content (AvgIpc) is 2.84. The molecular formula is C29H22O3. The fourth-order valence-electron chi connectivity index (χ4n) is 3.66. The fraction of sp³-hybridized carbons (Fsp3) is 0. The fourth-order valence-corrected chi connectivity index (χ4v) is 3.66. The monoisotopic (exact) mass is 418 g/mol. The lowest BCUT2D eigenvalue weighted by molar-refractivity contribution is -0.128. The van der Waals surface area contributed by atoms with E-state index in [1.807, 2.05) is 66.7 Å². The van der Waals surface area contributed by atoms with Gasteiger partial charge >= 0.3 is 5.97 Å². The van der Waals surface area contributed by atoms with Crippen molar-refractivity contribution in [3.63, 3.8) is 0 Å². The third-order valence-corrected chi connectivity index (χ3v) is 5.05. The molecule has 0 atom stereocenters.